The average molecular weight is 388 g/mol. The summed E-state index contributed by atoms with van der Waals surface area (Å²) in [6.07, 6.45) is 4.33. The second-order valence-corrected chi connectivity index (χ2v) is 6.32. The lowest BCUT2D eigenvalue weighted by molar-refractivity contribution is 0.0907. The number of benzene rings is 1. The first-order chi connectivity index (χ1) is 11.1. The molecule has 7 heteroatoms. The topological polar surface area (TPSA) is 68.0 Å². The minimum Gasteiger partial charge on any atom is -0.349 e. The number of hydrogen-bond donors (Lipinski definition) is 2. The Labute approximate surface area is 159 Å². The zero-order chi connectivity index (χ0) is 16.4. The number of pyridine rings is 1. The van der Waals surface area contributed by atoms with Crippen LogP contribution in [0, 0.1) is 18.7 Å². The number of amides is 1. The first-order valence-electron chi connectivity index (χ1n) is 8.16. The monoisotopic (exact) mass is 387 g/mol. The van der Waals surface area contributed by atoms with Gasteiger partial charge in [-0.25, -0.2) is 4.39 Å². The first-order valence-corrected chi connectivity index (χ1v) is 8.16. The molecule has 0 saturated heterocycles. The number of nitrogens with two attached hydrogens (primary N) is 1. The van der Waals surface area contributed by atoms with Gasteiger partial charge in [-0.2, -0.15) is 0 Å². The molecule has 3 rings (SSSR count). The molecule has 1 saturated carbocycles. The molecule has 0 bridgehead atoms. The van der Waals surface area contributed by atoms with E-state index in [1.807, 2.05) is 0 Å². The molecule has 1 fully saturated rings. The van der Waals surface area contributed by atoms with Gasteiger partial charge < -0.3 is 11.1 Å². The third-order valence-electron chi connectivity index (χ3n) is 4.74. The number of halogens is 3. The van der Waals surface area contributed by atoms with Gasteiger partial charge in [0.2, 0.25) is 0 Å². The molecule has 4 nitrogen and oxygen atoms in total. The van der Waals surface area contributed by atoms with Gasteiger partial charge in [0, 0.05) is 17.5 Å². The number of aryl methyl sites for hydroxylation is 1. The van der Waals surface area contributed by atoms with Gasteiger partial charge in [-0.15, -0.1) is 24.8 Å². The molecule has 0 spiro atoms. The SMILES string of the molecule is Cc1nc2cc(F)ccc2cc1C(=O)NC1CCCCC1CN.Cl.Cl. The standard InChI is InChI=1S/C18H22FN3O.2ClH/c1-11-15(8-12-6-7-14(19)9-17(12)21-11)18(23)22-16-5-3-2-4-13(16)10-20;;/h6-9,13,16H,2-5,10,20H2,1H3,(H,22,23);2*1H. The fourth-order valence-corrected chi connectivity index (χ4v) is 3.39. The van der Waals surface area contributed by atoms with E-state index >= 15 is 0 Å². The summed E-state index contributed by atoms with van der Waals surface area (Å²) in [6.45, 7) is 2.37. The predicted octanol–water partition coefficient (Wildman–Crippen LogP) is 3.77. The average Bonchev–Trinajstić information content (AvgIpc) is 2.54. The van der Waals surface area contributed by atoms with Crippen molar-refractivity contribution in [1.29, 1.82) is 0 Å². The van der Waals surface area contributed by atoms with Crippen LogP contribution in [0.25, 0.3) is 10.9 Å². The van der Waals surface area contributed by atoms with Gasteiger partial charge in [-0.3, -0.25) is 9.78 Å². The molecule has 0 aliphatic heterocycles. The number of hydrogen-bond acceptors (Lipinski definition) is 3. The molecule has 1 amide bonds. The number of fused-ring (bicyclic) bond motifs is 1. The number of rotatable bonds is 3. The minimum absolute atomic E-state index is 0. The lowest BCUT2D eigenvalue weighted by atomic mass is 9.84. The van der Waals surface area contributed by atoms with Crippen LogP contribution in [-0.2, 0) is 0 Å². The lowest BCUT2D eigenvalue weighted by Gasteiger charge is -2.31. The number of nitrogens with one attached hydrogen (secondary N) is 1. The number of carbonyl (C=O) groups is 1. The molecule has 25 heavy (non-hydrogen) atoms. The second-order valence-electron chi connectivity index (χ2n) is 6.32. The maximum Gasteiger partial charge on any atom is 0.253 e. The molecular weight excluding hydrogens is 364 g/mol. The van der Waals surface area contributed by atoms with Gasteiger partial charge in [0.15, 0.2) is 0 Å². The maximum atomic E-state index is 13.3. The lowest BCUT2D eigenvalue weighted by Crippen LogP contribution is -2.44. The normalized spacial score (nSPS) is 19.6. The van der Waals surface area contributed by atoms with Crippen LogP contribution in [0.4, 0.5) is 4.39 Å². The molecule has 2 unspecified atom stereocenters. The third kappa shape index (κ3) is 4.81. The molecule has 0 radical (unpaired) electrons. The maximum absolute atomic E-state index is 13.3. The summed E-state index contributed by atoms with van der Waals surface area (Å²) in [4.78, 5) is 17.0. The van der Waals surface area contributed by atoms with Crippen molar-refractivity contribution in [3.8, 4) is 0 Å². The number of aromatic nitrogens is 1. The van der Waals surface area contributed by atoms with Crippen molar-refractivity contribution in [2.24, 2.45) is 11.7 Å². The second kappa shape index (κ2) is 9.32. The summed E-state index contributed by atoms with van der Waals surface area (Å²) in [5, 5.41) is 3.89. The van der Waals surface area contributed by atoms with E-state index in [1.54, 1.807) is 19.1 Å². The Balaban J connectivity index is 0.00000156. The van der Waals surface area contributed by atoms with E-state index in [0.717, 1.165) is 24.6 Å². The van der Waals surface area contributed by atoms with Gasteiger partial charge in [-0.1, -0.05) is 12.8 Å². The summed E-state index contributed by atoms with van der Waals surface area (Å²) in [6, 6.07) is 6.33. The fourth-order valence-electron chi connectivity index (χ4n) is 3.39. The van der Waals surface area contributed by atoms with E-state index < -0.39 is 0 Å². The van der Waals surface area contributed by atoms with Crippen LogP contribution in [-0.4, -0.2) is 23.5 Å². The van der Waals surface area contributed by atoms with Gasteiger partial charge in [0.05, 0.1) is 16.8 Å². The molecule has 138 valence electrons. The smallest absolute Gasteiger partial charge is 0.253 e. The zero-order valence-electron chi connectivity index (χ0n) is 14.1. The molecule has 2 atom stereocenters. The summed E-state index contributed by atoms with van der Waals surface area (Å²) >= 11 is 0. The van der Waals surface area contributed by atoms with Gasteiger partial charge in [0.25, 0.3) is 5.91 Å². The summed E-state index contributed by atoms with van der Waals surface area (Å²) in [5.74, 6) is -0.100. The largest absolute Gasteiger partial charge is 0.349 e. The van der Waals surface area contributed by atoms with E-state index in [-0.39, 0.29) is 42.6 Å². The highest BCUT2D eigenvalue weighted by atomic mass is 35.5. The predicted molar refractivity (Wildman–Crippen MR) is 103 cm³/mol. The Morgan fingerprint density at radius 2 is 2.00 bits per heavy atom. The Morgan fingerprint density at radius 3 is 2.72 bits per heavy atom. The van der Waals surface area contributed by atoms with E-state index in [9.17, 15) is 9.18 Å². The summed E-state index contributed by atoms with van der Waals surface area (Å²) < 4.78 is 13.3. The van der Waals surface area contributed by atoms with E-state index in [0.29, 0.717) is 29.2 Å². The van der Waals surface area contributed by atoms with Crippen molar-refractivity contribution < 1.29 is 9.18 Å². The molecule has 1 aromatic carbocycles. The highest BCUT2D eigenvalue weighted by molar-refractivity contribution is 5.98. The van der Waals surface area contributed by atoms with Crippen LogP contribution >= 0.6 is 24.8 Å². The van der Waals surface area contributed by atoms with Crippen molar-refractivity contribution in [2.75, 3.05) is 6.54 Å². The van der Waals surface area contributed by atoms with Crippen LogP contribution in [0.15, 0.2) is 24.3 Å². The third-order valence-corrected chi connectivity index (χ3v) is 4.74. The van der Waals surface area contributed by atoms with E-state index in [2.05, 4.69) is 10.3 Å². The Kier molecular flexibility index (Phi) is 8.06. The quantitative estimate of drug-likeness (QED) is 0.841. The van der Waals surface area contributed by atoms with Gasteiger partial charge in [0.1, 0.15) is 5.82 Å². The molecular formula is C18H24Cl2FN3O. The van der Waals surface area contributed by atoms with Crippen molar-refractivity contribution in [3.05, 3.63) is 41.3 Å². The molecule has 3 N–H and O–H groups in total. The minimum atomic E-state index is -0.324. The summed E-state index contributed by atoms with van der Waals surface area (Å²) in [5.41, 5.74) is 7.55. The first kappa shape index (κ1) is 21.6. The fraction of sp³-hybridized carbons (Fsp3) is 0.444. The van der Waals surface area contributed by atoms with Crippen molar-refractivity contribution in [2.45, 2.75) is 38.6 Å². The van der Waals surface area contributed by atoms with E-state index in [4.69, 9.17) is 5.73 Å². The van der Waals surface area contributed by atoms with Crippen molar-refractivity contribution in [3.63, 3.8) is 0 Å². The Bertz CT molecular complexity index is 742. The highest BCUT2D eigenvalue weighted by Crippen LogP contribution is 2.24. The number of nitrogens with zero attached hydrogens (tertiary/aromatic N) is 1. The van der Waals surface area contributed by atoms with Crippen molar-refractivity contribution >= 4 is 41.6 Å². The Morgan fingerprint density at radius 1 is 1.28 bits per heavy atom. The van der Waals surface area contributed by atoms with E-state index in [1.165, 1.54) is 18.6 Å². The molecule has 1 aromatic heterocycles. The van der Waals surface area contributed by atoms with Crippen LogP contribution in [0.5, 0.6) is 0 Å². The molecule has 1 heterocycles. The van der Waals surface area contributed by atoms with Crippen LogP contribution in [0.1, 0.15) is 41.7 Å². The van der Waals surface area contributed by atoms with Gasteiger partial charge >= 0.3 is 0 Å². The van der Waals surface area contributed by atoms with Gasteiger partial charge in [-0.05, 0) is 50.4 Å². The summed E-state index contributed by atoms with van der Waals surface area (Å²) in [7, 11) is 0. The highest BCUT2D eigenvalue weighted by Gasteiger charge is 2.26. The Hall–Kier alpha value is -1.43. The van der Waals surface area contributed by atoms with Crippen LogP contribution < -0.4 is 11.1 Å². The van der Waals surface area contributed by atoms with Crippen LogP contribution in [0.3, 0.4) is 0 Å². The molecule has 2 aromatic rings. The van der Waals surface area contributed by atoms with Crippen molar-refractivity contribution in [1.82, 2.24) is 10.3 Å². The van der Waals surface area contributed by atoms with Crippen LogP contribution in [0.2, 0.25) is 0 Å². The zero-order valence-corrected chi connectivity index (χ0v) is 15.8. The molecule has 1 aliphatic carbocycles. The number of carbonyl (C=O) groups excluding carboxylic acids is 1. The molecule has 1 aliphatic rings.